The lowest BCUT2D eigenvalue weighted by atomic mass is 10.1. The van der Waals surface area contributed by atoms with E-state index >= 15 is 0 Å². The average Bonchev–Trinajstić information content (AvgIpc) is 2.11. The van der Waals surface area contributed by atoms with Gasteiger partial charge in [0.15, 0.2) is 0 Å². The molecule has 0 aromatic heterocycles. The van der Waals surface area contributed by atoms with E-state index < -0.39 is 35.9 Å². The first kappa shape index (κ1) is 17.4. The molecule has 0 saturated heterocycles. The number of nitrogens with one attached hydrogen (secondary N) is 1. The molecule has 0 bridgehead atoms. The van der Waals surface area contributed by atoms with Crippen LogP contribution in [0.5, 0.6) is 0 Å². The fourth-order valence-corrected chi connectivity index (χ4v) is 1.28. The van der Waals surface area contributed by atoms with Crippen LogP contribution in [0.2, 0.25) is 0 Å². The standard InChI is InChI=1S/C12H22N2O5/c1-12(2,3)19-10(16)6-8(11(17)18)13-9(15)7-14(4)5/h8H,6-7H2,1-5H3,(H,13,15)(H,17,18)/t8-/m0/s1. The van der Waals surface area contributed by atoms with Crippen LogP contribution in [-0.2, 0) is 19.1 Å². The van der Waals surface area contributed by atoms with Crippen molar-refractivity contribution in [3.63, 3.8) is 0 Å². The lowest BCUT2D eigenvalue weighted by molar-refractivity contribution is -0.158. The summed E-state index contributed by atoms with van der Waals surface area (Å²) in [5.41, 5.74) is -0.687. The number of carboxylic acids is 1. The SMILES string of the molecule is CN(C)CC(=O)N[C@@H](CC(=O)OC(C)(C)C)C(=O)O. The van der Waals surface area contributed by atoms with E-state index in [1.54, 1.807) is 39.8 Å². The van der Waals surface area contributed by atoms with E-state index in [0.717, 1.165) is 0 Å². The Labute approximate surface area is 112 Å². The van der Waals surface area contributed by atoms with Crippen LogP contribution in [0.25, 0.3) is 0 Å². The molecule has 0 aliphatic carbocycles. The fraction of sp³-hybridized carbons (Fsp3) is 0.750. The topological polar surface area (TPSA) is 95.9 Å². The molecule has 0 heterocycles. The fourth-order valence-electron chi connectivity index (χ4n) is 1.28. The summed E-state index contributed by atoms with van der Waals surface area (Å²) in [6.45, 7) is 5.11. The van der Waals surface area contributed by atoms with Crippen molar-refractivity contribution >= 4 is 17.8 Å². The Morgan fingerprint density at radius 2 is 1.79 bits per heavy atom. The lowest BCUT2D eigenvalue weighted by Gasteiger charge is -2.21. The highest BCUT2D eigenvalue weighted by molar-refractivity contribution is 5.87. The third-order valence-electron chi connectivity index (χ3n) is 1.88. The van der Waals surface area contributed by atoms with Crippen LogP contribution in [0.1, 0.15) is 27.2 Å². The van der Waals surface area contributed by atoms with Crippen molar-refractivity contribution in [3.05, 3.63) is 0 Å². The van der Waals surface area contributed by atoms with Gasteiger partial charge < -0.3 is 20.1 Å². The number of carboxylic acid groups (broad SMARTS) is 1. The van der Waals surface area contributed by atoms with Gasteiger partial charge in [-0.05, 0) is 34.9 Å². The van der Waals surface area contributed by atoms with Crippen molar-refractivity contribution in [3.8, 4) is 0 Å². The highest BCUT2D eigenvalue weighted by Crippen LogP contribution is 2.09. The number of esters is 1. The largest absolute Gasteiger partial charge is 0.480 e. The van der Waals surface area contributed by atoms with Gasteiger partial charge in [0.05, 0.1) is 13.0 Å². The van der Waals surface area contributed by atoms with Crippen molar-refractivity contribution in [1.82, 2.24) is 10.2 Å². The molecule has 19 heavy (non-hydrogen) atoms. The zero-order valence-electron chi connectivity index (χ0n) is 12.0. The van der Waals surface area contributed by atoms with Gasteiger partial charge in [-0.25, -0.2) is 4.79 Å². The van der Waals surface area contributed by atoms with E-state index in [4.69, 9.17) is 9.84 Å². The first-order valence-corrected chi connectivity index (χ1v) is 5.90. The molecule has 0 spiro atoms. The van der Waals surface area contributed by atoms with Crippen LogP contribution < -0.4 is 5.32 Å². The Bertz CT molecular complexity index is 347. The summed E-state index contributed by atoms with van der Waals surface area (Å²) >= 11 is 0. The maximum atomic E-state index is 11.5. The van der Waals surface area contributed by atoms with Gasteiger partial charge in [0.2, 0.25) is 5.91 Å². The summed E-state index contributed by atoms with van der Waals surface area (Å²) in [5, 5.41) is 11.3. The van der Waals surface area contributed by atoms with E-state index in [1.807, 2.05) is 0 Å². The molecular weight excluding hydrogens is 252 g/mol. The third kappa shape index (κ3) is 9.01. The summed E-state index contributed by atoms with van der Waals surface area (Å²) in [7, 11) is 3.37. The molecule has 0 fully saturated rings. The van der Waals surface area contributed by atoms with Crippen LogP contribution in [0.3, 0.4) is 0 Å². The molecule has 0 rings (SSSR count). The number of rotatable bonds is 6. The van der Waals surface area contributed by atoms with Gasteiger partial charge in [-0.15, -0.1) is 0 Å². The Hall–Kier alpha value is -1.63. The maximum absolute atomic E-state index is 11.5. The molecule has 0 aliphatic rings. The number of likely N-dealkylation sites (N-methyl/N-ethyl adjacent to an activating group) is 1. The van der Waals surface area contributed by atoms with E-state index in [2.05, 4.69) is 5.32 Å². The number of hydrogen-bond acceptors (Lipinski definition) is 5. The number of aliphatic carboxylic acids is 1. The zero-order chi connectivity index (χ0) is 15.2. The second-order valence-corrected chi connectivity index (χ2v) is 5.49. The number of carbonyl (C=O) groups excluding carboxylic acids is 2. The number of nitrogens with zero attached hydrogens (tertiary/aromatic N) is 1. The summed E-state index contributed by atoms with van der Waals surface area (Å²) in [5.74, 6) is -2.39. The van der Waals surface area contributed by atoms with Gasteiger partial charge in [0.1, 0.15) is 11.6 Å². The van der Waals surface area contributed by atoms with Crippen molar-refractivity contribution in [1.29, 1.82) is 0 Å². The first-order chi connectivity index (χ1) is 8.51. The summed E-state index contributed by atoms with van der Waals surface area (Å²) in [6, 6.07) is -1.28. The Morgan fingerprint density at radius 1 is 1.26 bits per heavy atom. The van der Waals surface area contributed by atoms with E-state index in [1.165, 1.54) is 0 Å². The van der Waals surface area contributed by atoms with Crippen LogP contribution in [0, 0.1) is 0 Å². The molecule has 2 N–H and O–H groups in total. The van der Waals surface area contributed by atoms with Gasteiger partial charge >= 0.3 is 11.9 Å². The molecule has 110 valence electrons. The third-order valence-corrected chi connectivity index (χ3v) is 1.88. The van der Waals surface area contributed by atoms with Crippen LogP contribution in [0.4, 0.5) is 0 Å². The normalized spacial score (nSPS) is 12.9. The molecule has 0 radical (unpaired) electrons. The Kier molecular flexibility index (Phi) is 6.47. The average molecular weight is 274 g/mol. The predicted molar refractivity (Wildman–Crippen MR) is 68.6 cm³/mol. The van der Waals surface area contributed by atoms with E-state index in [9.17, 15) is 14.4 Å². The number of hydrogen-bond donors (Lipinski definition) is 2. The van der Waals surface area contributed by atoms with Gasteiger partial charge in [0.25, 0.3) is 0 Å². The maximum Gasteiger partial charge on any atom is 0.326 e. The molecular formula is C12H22N2O5. The van der Waals surface area contributed by atoms with Crippen LogP contribution in [-0.4, -0.2) is 60.1 Å². The van der Waals surface area contributed by atoms with Crippen molar-refractivity contribution in [2.45, 2.75) is 38.8 Å². The molecule has 7 nitrogen and oxygen atoms in total. The van der Waals surface area contributed by atoms with E-state index in [0.29, 0.717) is 0 Å². The van der Waals surface area contributed by atoms with Gasteiger partial charge in [-0.2, -0.15) is 0 Å². The molecule has 1 amide bonds. The zero-order valence-corrected chi connectivity index (χ0v) is 12.0. The molecule has 0 unspecified atom stereocenters. The summed E-state index contributed by atoms with van der Waals surface area (Å²) in [6.07, 6.45) is -0.397. The minimum Gasteiger partial charge on any atom is -0.480 e. The van der Waals surface area contributed by atoms with E-state index in [-0.39, 0.29) is 6.54 Å². The lowest BCUT2D eigenvalue weighted by Crippen LogP contribution is -2.46. The highest BCUT2D eigenvalue weighted by atomic mass is 16.6. The quantitative estimate of drug-likeness (QED) is 0.654. The Balaban J connectivity index is 4.47. The number of ether oxygens (including phenoxy) is 1. The molecule has 0 aliphatic heterocycles. The minimum atomic E-state index is -1.28. The van der Waals surface area contributed by atoms with Gasteiger partial charge in [-0.3, -0.25) is 9.59 Å². The van der Waals surface area contributed by atoms with Crippen molar-refractivity contribution < 1.29 is 24.2 Å². The van der Waals surface area contributed by atoms with Gasteiger partial charge in [-0.1, -0.05) is 0 Å². The minimum absolute atomic E-state index is 0.0537. The first-order valence-electron chi connectivity index (χ1n) is 5.90. The molecule has 7 heteroatoms. The summed E-state index contributed by atoms with van der Waals surface area (Å²) < 4.78 is 5.02. The molecule has 1 atom stereocenters. The molecule has 0 saturated carbocycles. The Morgan fingerprint density at radius 3 is 2.16 bits per heavy atom. The molecule has 0 aromatic rings. The predicted octanol–water partition coefficient (Wildman–Crippen LogP) is -0.151. The van der Waals surface area contributed by atoms with Crippen molar-refractivity contribution in [2.24, 2.45) is 0 Å². The highest BCUT2D eigenvalue weighted by Gasteiger charge is 2.26. The second-order valence-electron chi connectivity index (χ2n) is 5.49. The second kappa shape index (κ2) is 7.08. The molecule has 0 aromatic carbocycles. The van der Waals surface area contributed by atoms with Crippen LogP contribution >= 0.6 is 0 Å². The van der Waals surface area contributed by atoms with Gasteiger partial charge in [0, 0.05) is 0 Å². The van der Waals surface area contributed by atoms with Crippen LogP contribution in [0.15, 0.2) is 0 Å². The number of amides is 1. The smallest absolute Gasteiger partial charge is 0.326 e. The monoisotopic (exact) mass is 274 g/mol. The summed E-state index contributed by atoms with van der Waals surface area (Å²) in [4.78, 5) is 35.6. The number of carbonyl (C=O) groups is 3. The van der Waals surface area contributed by atoms with Crippen molar-refractivity contribution in [2.75, 3.05) is 20.6 Å².